The minimum Gasteiger partial charge on any atom is -0.393 e. The molecular weight excluding hydrogens is 202 g/mol. The average molecular weight is 221 g/mol. The SMILES string of the molecule is NC(=S)CCCCCCc1ccccc1. The molecule has 1 nitrogen and oxygen atoms in total. The second kappa shape index (κ2) is 7.41. The van der Waals surface area contributed by atoms with E-state index in [1.165, 1.54) is 31.2 Å². The third kappa shape index (κ3) is 6.24. The van der Waals surface area contributed by atoms with Crippen LogP contribution in [-0.4, -0.2) is 4.99 Å². The summed E-state index contributed by atoms with van der Waals surface area (Å²) < 4.78 is 0. The lowest BCUT2D eigenvalue weighted by Crippen LogP contribution is -2.06. The zero-order chi connectivity index (χ0) is 10.9. The Bertz CT molecular complexity index is 282. The van der Waals surface area contributed by atoms with Crippen molar-refractivity contribution >= 4 is 17.2 Å². The van der Waals surface area contributed by atoms with Gasteiger partial charge in [-0.05, 0) is 31.2 Å². The van der Waals surface area contributed by atoms with Crippen LogP contribution >= 0.6 is 12.2 Å². The summed E-state index contributed by atoms with van der Waals surface area (Å²) in [5.74, 6) is 0. The van der Waals surface area contributed by atoms with Gasteiger partial charge in [-0.2, -0.15) is 0 Å². The van der Waals surface area contributed by atoms with E-state index in [2.05, 4.69) is 30.3 Å². The molecule has 1 aromatic carbocycles. The Morgan fingerprint density at radius 2 is 1.67 bits per heavy atom. The summed E-state index contributed by atoms with van der Waals surface area (Å²) >= 11 is 4.83. The van der Waals surface area contributed by atoms with Crippen LogP contribution in [0.15, 0.2) is 30.3 Å². The fourth-order valence-corrected chi connectivity index (χ4v) is 1.77. The first kappa shape index (κ1) is 12.2. The second-order valence-corrected chi connectivity index (χ2v) is 4.39. The molecule has 1 aromatic rings. The van der Waals surface area contributed by atoms with Crippen LogP contribution < -0.4 is 5.73 Å². The number of hydrogen-bond donors (Lipinski definition) is 1. The van der Waals surface area contributed by atoms with Gasteiger partial charge < -0.3 is 5.73 Å². The van der Waals surface area contributed by atoms with Crippen LogP contribution in [0.25, 0.3) is 0 Å². The van der Waals surface area contributed by atoms with E-state index in [0.717, 1.165) is 12.8 Å². The summed E-state index contributed by atoms with van der Waals surface area (Å²) in [5, 5.41) is 0. The van der Waals surface area contributed by atoms with Crippen LogP contribution in [0.5, 0.6) is 0 Å². The molecule has 82 valence electrons. The predicted molar refractivity (Wildman–Crippen MR) is 70.0 cm³/mol. The van der Waals surface area contributed by atoms with Crippen molar-refractivity contribution in [3.8, 4) is 0 Å². The lowest BCUT2D eigenvalue weighted by molar-refractivity contribution is 0.653. The highest BCUT2D eigenvalue weighted by Gasteiger charge is 1.94. The predicted octanol–water partition coefficient (Wildman–Crippen LogP) is 3.47. The van der Waals surface area contributed by atoms with Gasteiger partial charge in [0.2, 0.25) is 0 Å². The maximum absolute atomic E-state index is 5.43. The monoisotopic (exact) mass is 221 g/mol. The van der Waals surface area contributed by atoms with Crippen LogP contribution in [-0.2, 0) is 6.42 Å². The van der Waals surface area contributed by atoms with Crippen molar-refractivity contribution in [1.29, 1.82) is 0 Å². The Balaban J connectivity index is 2.00. The Hall–Kier alpha value is -0.890. The van der Waals surface area contributed by atoms with Gasteiger partial charge in [-0.3, -0.25) is 0 Å². The van der Waals surface area contributed by atoms with Crippen LogP contribution in [0.3, 0.4) is 0 Å². The molecule has 0 aromatic heterocycles. The van der Waals surface area contributed by atoms with E-state index < -0.39 is 0 Å². The largest absolute Gasteiger partial charge is 0.393 e. The minimum atomic E-state index is 0.651. The molecule has 0 saturated heterocycles. The van der Waals surface area contributed by atoms with E-state index in [4.69, 9.17) is 18.0 Å². The van der Waals surface area contributed by atoms with E-state index in [0.29, 0.717) is 4.99 Å². The van der Waals surface area contributed by atoms with Crippen molar-refractivity contribution in [1.82, 2.24) is 0 Å². The first-order valence-corrected chi connectivity index (χ1v) is 6.02. The Labute approximate surface area is 97.7 Å². The van der Waals surface area contributed by atoms with Gasteiger partial charge in [0.15, 0.2) is 0 Å². The van der Waals surface area contributed by atoms with Crippen LogP contribution in [0.2, 0.25) is 0 Å². The third-order valence-electron chi connectivity index (χ3n) is 2.48. The van der Waals surface area contributed by atoms with Gasteiger partial charge in [-0.15, -0.1) is 0 Å². The molecule has 1 rings (SSSR count). The molecule has 0 saturated carbocycles. The number of benzene rings is 1. The molecule has 0 aliphatic rings. The van der Waals surface area contributed by atoms with Crippen molar-refractivity contribution in [2.75, 3.05) is 0 Å². The summed E-state index contributed by atoms with van der Waals surface area (Å²) in [5.41, 5.74) is 6.87. The van der Waals surface area contributed by atoms with E-state index >= 15 is 0 Å². The zero-order valence-electron chi connectivity index (χ0n) is 9.11. The number of hydrogen-bond acceptors (Lipinski definition) is 1. The maximum atomic E-state index is 5.43. The molecule has 0 aliphatic heterocycles. The fourth-order valence-electron chi connectivity index (χ4n) is 1.63. The molecule has 0 heterocycles. The van der Waals surface area contributed by atoms with Crippen LogP contribution in [0, 0.1) is 0 Å². The number of rotatable bonds is 7. The Kier molecular flexibility index (Phi) is 6.02. The topological polar surface area (TPSA) is 26.0 Å². The van der Waals surface area contributed by atoms with E-state index in [-0.39, 0.29) is 0 Å². The molecule has 0 bridgehead atoms. The van der Waals surface area contributed by atoms with Gasteiger partial charge in [0.25, 0.3) is 0 Å². The number of unbranched alkanes of at least 4 members (excludes halogenated alkanes) is 3. The standard InChI is InChI=1S/C13H19NS/c14-13(15)11-7-2-1-4-8-12-9-5-3-6-10-12/h3,5-6,9-10H,1-2,4,7-8,11H2,(H2,14,15). The lowest BCUT2D eigenvalue weighted by Gasteiger charge is -2.01. The second-order valence-electron chi connectivity index (χ2n) is 3.87. The first-order valence-electron chi connectivity index (χ1n) is 5.61. The van der Waals surface area contributed by atoms with Gasteiger partial charge in [0.1, 0.15) is 0 Å². The Morgan fingerprint density at radius 3 is 2.33 bits per heavy atom. The number of thiocarbonyl (C=S) groups is 1. The van der Waals surface area contributed by atoms with Gasteiger partial charge in [0.05, 0.1) is 4.99 Å². The number of nitrogens with two attached hydrogens (primary N) is 1. The minimum absolute atomic E-state index is 0.651. The lowest BCUT2D eigenvalue weighted by atomic mass is 10.1. The summed E-state index contributed by atoms with van der Waals surface area (Å²) in [6.07, 6.45) is 7.02. The normalized spacial score (nSPS) is 10.1. The molecule has 15 heavy (non-hydrogen) atoms. The van der Waals surface area contributed by atoms with Crippen molar-refractivity contribution in [2.24, 2.45) is 5.73 Å². The smallest absolute Gasteiger partial charge is 0.0727 e. The van der Waals surface area contributed by atoms with E-state index in [9.17, 15) is 0 Å². The molecule has 0 fully saturated rings. The molecule has 0 radical (unpaired) electrons. The third-order valence-corrected chi connectivity index (χ3v) is 2.69. The van der Waals surface area contributed by atoms with Crippen LogP contribution in [0.4, 0.5) is 0 Å². The fraction of sp³-hybridized carbons (Fsp3) is 0.462. The molecule has 0 unspecified atom stereocenters. The first-order chi connectivity index (χ1) is 7.29. The highest BCUT2D eigenvalue weighted by molar-refractivity contribution is 7.80. The molecule has 2 heteroatoms. The maximum Gasteiger partial charge on any atom is 0.0727 e. The van der Waals surface area contributed by atoms with E-state index in [1.807, 2.05) is 0 Å². The zero-order valence-corrected chi connectivity index (χ0v) is 9.93. The quantitative estimate of drug-likeness (QED) is 0.563. The highest BCUT2D eigenvalue weighted by atomic mass is 32.1. The van der Waals surface area contributed by atoms with Gasteiger partial charge in [-0.25, -0.2) is 0 Å². The van der Waals surface area contributed by atoms with E-state index in [1.54, 1.807) is 0 Å². The van der Waals surface area contributed by atoms with Crippen molar-refractivity contribution in [3.63, 3.8) is 0 Å². The van der Waals surface area contributed by atoms with Gasteiger partial charge >= 0.3 is 0 Å². The van der Waals surface area contributed by atoms with Crippen molar-refractivity contribution in [3.05, 3.63) is 35.9 Å². The Morgan fingerprint density at radius 1 is 1.00 bits per heavy atom. The summed E-state index contributed by atoms with van der Waals surface area (Å²) in [4.78, 5) is 0.651. The van der Waals surface area contributed by atoms with Crippen LogP contribution in [0.1, 0.15) is 37.7 Å². The molecule has 0 spiro atoms. The highest BCUT2D eigenvalue weighted by Crippen LogP contribution is 2.08. The molecule has 2 N–H and O–H groups in total. The molecule has 0 aliphatic carbocycles. The molecule has 0 amide bonds. The van der Waals surface area contributed by atoms with Crippen molar-refractivity contribution in [2.45, 2.75) is 38.5 Å². The summed E-state index contributed by atoms with van der Waals surface area (Å²) in [7, 11) is 0. The van der Waals surface area contributed by atoms with Crippen molar-refractivity contribution < 1.29 is 0 Å². The number of aryl methyl sites for hydroxylation is 1. The summed E-state index contributed by atoms with van der Waals surface area (Å²) in [6, 6.07) is 10.6. The summed E-state index contributed by atoms with van der Waals surface area (Å²) in [6.45, 7) is 0. The van der Waals surface area contributed by atoms with Gasteiger partial charge in [0, 0.05) is 0 Å². The average Bonchev–Trinajstić information content (AvgIpc) is 2.24. The molecule has 0 atom stereocenters. The molecular formula is C13H19NS. The van der Waals surface area contributed by atoms with Gasteiger partial charge in [-0.1, -0.05) is 55.4 Å².